The quantitative estimate of drug-likeness (QED) is 0.888. The summed E-state index contributed by atoms with van der Waals surface area (Å²) in [5, 5.41) is 13.0. The summed E-state index contributed by atoms with van der Waals surface area (Å²) in [5.41, 5.74) is 0.778. The number of benzene rings is 1. The van der Waals surface area contributed by atoms with E-state index in [1.807, 2.05) is 13.0 Å². The fourth-order valence-corrected chi connectivity index (χ4v) is 3.75. The van der Waals surface area contributed by atoms with Gasteiger partial charge in [0.15, 0.2) is 0 Å². The standard InChI is InChI=1S/C16H22N2O2/c1-2-18(12-6-4-7-13(19)9-12)16(20)15-14-8-3-5-11(14)10-17-15/h4,6-7,9,11,14-15,17,19H,2-3,5,8,10H2,1H3. The lowest BCUT2D eigenvalue weighted by molar-refractivity contribution is -0.121. The minimum absolute atomic E-state index is 0.0511. The second kappa shape index (κ2) is 5.44. The molecule has 108 valence electrons. The number of likely N-dealkylation sites (N-methyl/N-ethyl adjacent to an activating group) is 1. The van der Waals surface area contributed by atoms with Crippen LogP contribution in [0.1, 0.15) is 26.2 Å². The number of anilines is 1. The van der Waals surface area contributed by atoms with Gasteiger partial charge in [-0.05, 0) is 50.3 Å². The number of aromatic hydroxyl groups is 1. The number of carbonyl (C=O) groups is 1. The Morgan fingerprint density at radius 1 is 1.45 bits per heavy atom. The third-order valence-corrected chi connectivity index (χ3v) is 4.74. The first kappa shape index (κ1) is 13.4. The van der Waals surface area contributed by atoms with Gasteiger partial charge in [-0.3, -0.25) is 4.79 Å². The molecule has 1 aliphatic heterocycles. The molecule has 4 heteroatoms. The number of hydrogen-bond acceptors (Lipinski definition) is 3. The lowest BCUT2D eigenvalue weighted by Gasteiger charge is -2.27. The van der Waals surface area contributed by atoms with E-state index in [-0.39, 0.29) is 17.7 Å². The SMILES string of the molecule is CCN(C(=O)C1NCC2CCCC21)c1cccc(O)c1. The van der Waals surface area contributed by atoms with Crippen molar-refractivity contribution in [3.63, 3.8) is 0 Å². The van der Waals surface area contributed by atoms with Crippen LogP contribution in [0.4, 0.5) is 5.69 Å². The summed E-state index contributed by atoms with van der Waals surface area (Å²) in [6, 6.07) is 6.89. The molecule has 1 aliphatic carbocycles. The minimum atomic E-state index is -0.0511. The molecule has 0 bridgehead atoms. The Morgan fingerprint density at radius 3 is 3.05 bits per heavy atom. The molecule has 2 N–H and O–H groups in total. The third kappa shape index (κ3) is 2.29. The lowest BCUT2D eigenvalue weighted by atomic mass is 9.93. The molecule has 1 aromatic rings. The zero-order valence-electron chi connectivity index (χ0n) is 11.9. The maximum atomic E-state index is 12.8. The van der Waals surface area contributed by atoms with Crippen LogP contribution in [0.5, 0.6) is 5.75 Å². The van der Waals surface area contributed by atoms with Gasteiger partial charge in [-0.2, -0.15) is 0 Å². The smallest absolute Gasteiger partial charge is 0.244 e. The fraction of sp³-hybridized carbons (Fsp3) is 0.562. The maximum Gasteiger partial charge on any atom is 0.244 e. The maximum absolute atomic E-state index is 12.8. The Bertz CT molecular complexity index is 503. The molecule has 3 atom stereocenters. The molecule has 1 aromatic carbocycles. The van der Waals surface area contributed by atoms with E-state index in [0.717, 1.165) is 18.7 Å². The zero-order chi connectivity index (χ0) is 14.1. The Balaban J connectivity index is 1.81. The van der Waals surface area contributed by atoms with Crippen LogP contribution in [0.2, 0.25) is 0 Å². The van der Waals surface area contributed by atoms with Crippen molar-refractivity contribution >= 4 is 11.6 Å². The van der Waals surface area contributed by atoms with Gasteiger partial charge >= 0.3 is 0 Å². The van der Waals surface area contributed by atoms with E-state index in [0.29, 0.717) is 18.4 Å². The van der Waals surface area contributed by atoms with Gasteiger partial charge in [-0.1, -0.05) is 12.5 Å². The predicted octanol–water partition coefficient (Wildman–Crippen LogP) is 2.13. The predicted molar refractivity (Wildman–Crippen MR) is 78.8 cm³/mol. The van der Waals surface area contributed by atoms with Crippen molar-refractivity contribution in [2.45, 2.75) is 32.2 Å². The van der Waals surface area contributed by atoms with E-state index in [2.05, 4.69) is 5.32 Å². The number of rotatable bonds is 3. The van der Waals surface area contributed by atoms with Gasteiger partial charge in [-0.15, -0.1) is 0 Å². The molecule has 1 saturated heterocycles. The summed E-state index contributed by atoms with van der Waals surface area (Å²) in [7, 11) is 0. The van der Waals surface area contributed by atoms with Gasteiger partial charge in [0.25, 0.3) is 0 Å². The van der Waals surface area contributed by atoms with E-state index in [4.69, 9.17) is 0 Å². The van der Waals surface area contributed by atoms with E-state index < -0.39 is 0 Å². The van der Waals surface area contributed by atoms with E-state index in [1.165, 1.54) is 12.8 Å². The Morgan fingerprint density at radius 2 is 2.30 bits per heavy atom. The first-order chi connectivity index (χ1) is 9.70. The van der Waals surface area contributed by atoms with Crippen LogP contribution >= 0.6 is 0 Å². The van der Waals surface area contributed by atoms with Crippen molar-refractivity contribution in [3.8, 4) is 5.75 Å². The molecule has 2 fully saturated rings. The van der Waals surface area contributed by atoms with E-state index in [1.54, 1.807) is 23.1 Å². The van der Waals surface area contributed by atoms with Crippen LogP contribution in [-0.2, 0) is 4.79 Å². The molecule has 3 unspecified atom stereocenters. The second-order valence-electron chi connectivity index (χ2n) is 5.84. The van der Waals surface area contributed by atoms with Gasteiger partial charge < -0.3 is 15.3 Å². The molecule has 2 aliphatic rings. The molecule has 3 rings (SSSR count). The van der Waals surface area contributed by atoms with Crippen molar-refractivity contribution in [2.75, 3.05) is 18.0 Å². The number of amides is 1. The number of fused-ring (bicyclic) bond motifs is 1. The van der Waals surface area contributed by atoms with Crippen molar-refractivity contribution in [3.05, 3.63) is 24.3 Å². The lowest BCUT2D eigenvalue weighted by Crippen LogP contribution is -2.46. The van der Waals surface area contributed by atoms with Gasteiger partial charge in [0.05, 0.1) is 6.04 Å². The summed E-state index contributed by atoms with van der Waals surface area (Å²) < 4.78 is 0. The van der Waals surface area contributed by atoms with E-state index >= 15 is 0 Å². The first-order valence-corrected chi connectivity index (χ1v) is 7.54. The normalized spacial score (nSPS) is 28.4. The number of phenols is 1. The molecule has 1 saturated carbocycles. The molecule has 4 nitrogen and oxygen atoms in total. The molecule has 1 amide bonds. The highest BCUT2D eigenvalue weighted by molar-refractivity contribution is 5.97. The van der Waals surface area contributed by atoms with Crippen LogP contribution in [0, 0.1) is 11.8 Å². The molecule has 20 heavy (non-hydrogen) atoms. The summed E-state index contributed by atoms with van der Waals surface area (Å²) in [4.78, 5) is 14.6. The largest absolute Gasteiger partial charge is 0.508 e. The number of nitrogens with zero attached hydrogens (tertiary/aromatic N) is 1. The summed E-state index contributed by atoms with van der Waals surface area (Å²) in [6.45, 7) is 3.57. The number of hydrogen-bond donors (Lipinski definition) is 2. The Labute approximate surface area is 119 Å². The highest BCUT2D eigenvalue weighted by Gasteiger charge is 2.43. The van der Waals surface area contributed by atoms with Crippen LogP contribution < -0.4 is 10.2 Å². The average molecular weight is 274 g/mol. The summed E-state index contributed by atoms with van der Waals surface area (Å²) >= 11 is 0. The van der Waals surface area contributed by atoms with Gasteiger partial charge in [0.2, 0.25) is 5.91 Å². The fourth-order valence-electron chi connectivity index (χ4n) is 3.75. The first-order valence-electron chi connectivity index (χ1n) is 7.54. The van der Waals surface area contributed by atoms with Crippen LogP contribution in [-0.4, -0.2) is 30.1 Å². The monoisotopic (exact) mass is 274 g/mol. The highest BCUT2D eigenvalue weighted by Crippen LogP contribution is 2.38. The molecular formula is C16H22N2O2. The van der Waals surface area contributed by atoms with Gasteiger partial charge in [0.1, 0.15) is 5.75 Å². The molecule has 0 spiro atoms. The molecule has 1 heterocycles. The van der Waals surface area contributed by atoms with Crippen molar-refractivity contribution in [1.82, 2.24) is 5.32 Å². The minimum Gasteiger partial charge on any atom is -0.508 e. The van der Waals surface area contributed by atoms with Crippen molar-refractivity contribution in [1.29, 1.82) is 0 Å². The van der Waals surface area contributed by atoms with Crippen molar-refractivity contribution < 1.29 is 9.90 Å². The zero-order valence-corrected chi connectivity index (χ0v) is 11.9. The van der Waals surface area contributed by atoms with Crippen LogP contribution in [0.3, 0.4) is 0 Å². The summed E-state index contributed by atoms with van der Waals surface area (Å²) in [6.07, 6.45) is 3.66. The van der Waals surface area contributed by atoms with Gasteiger partial charge in [0, 0.05) is 18.3 Å². The molecular weight excluding hydrogens is 252 g/mol. The summed E-state index contributed by atoms with van der Waals surface area (Å²) in [5.74, 6) is 1.51. The van der Waals surface area contributed by atoms with Gasteiger partial charge in [-0.25, -0.2) is 0 Å². The number of carbonyl (C=O) groups excluding carboxylic acids is 1. The second-order valence-corrected chi connectivity index (χ2v) is 5.84. The van der Waals surface area contributed by atoms with E-state index in [9.17, 15) is 9.90 Å². The Kier molecular flexibility index (Phi) is 3.66. The number of nitrogens with one attached hydrogen (secondary N) is 1. The van der Waals surface area contributed by atoms with Crippen LogP contribution in [0.15, 0.2) is 24.3 Å². The average Bonchev–Trinajstić information content (AvgIpc) is 3.01. The Hall–Kier alpha value is -1.55. The highest BCUT2D eigenvalue weighted by atomic mass is 16.3. The third-order valence-electron chi connectivity index (χ3n) is 4.74. The molecule has 0 aromatic heterocycles. The topological polar surface area (TPSA) is 52.6 Å². The molecule has 0 radical (unpaired) electrons. The van der Waals surface area contributed by atoms with Crippen LogP contribution in [0.25, 0.3) is 0 Å². The number of phenolic OH excluding ortho intramolecular Hbond substituents is 1. The van der Waals surface area contributed by atoms with Crippen molar-refractivity contribution in [2.24, 2.45) is 11.8 Å².